The minimum Gasteiger partial charge on any atom is -0.423 e. The molecule has 3 aromatic heterocycles. The number of thioether (sulfide) groups is 1. The van der Waals surface area contributed by atoms with E-state index < -0.39 is 0 Å². The van der Waals surface area contributed by atoms with Crippen molar-refractivity contribution in [3.8, 4) is 11.1 Å². The molecule has 0 aliphatic carbocycles. The zero-order chi connectivity index (χ0) is 15.1. The van der Waals surface area contributed by atoms with E-state index in [0.29, 0.717) is 5.58 Å². The molecule has 4 nitrogen and oxygen atoms in total. The fourth-order valence-corrected chi connectivity index (χ4v) is 2.86. The minimum absolute atomic E-state index is 0.335. The van der Waals surface area contributed by atoms with Crippen LogP contribution in [0.2, 0.25) is 0 Å². The van der Waals surface area contributed by atoms with Crippen LogP contribution in [-0.4, -0.2) is 15.6 Å². The molecule has 0 bridgehead atoms. The van der Waals surface area contributed by atoms with Gasteiger partial charge in [-0.1, -0.05) is 12.1 Å². The summed E-state index contributed by atoms with van der Waals surface area (Å²) in [4.78, 5) is 15.9. The van der Waals surface area contributed by atoms with Crippen molar-refractivity contribution in [3.05, 3.63) is 65.3 Å². The van der Waals surface area contributed by atoms with Gasteiger partial charge in [0.1, 0.15) is 11.2 Å². The van der Waals surface area contributed by atoms with Gasteiger partial charge >= 0.3 is 5.63 Å². The molecule has 22 heavy (non-hydrogen) atoms. The second-order valence-electron chi connectivity index (χ2n) is 4.97. The summed E-state index contributed by atoms with van der Waals surface area (Å²) < 4.78 is 7.24. The maximum absolute atomic E-state index is 11.4. The van der Waals surface area contributed by atoms with Crippen LogP contribution in [0.3, 0.4) is 0 Å². The Bertz CT molecular complexity index is 1050. The van der Waals surface area contributed by atoms with Gasteiger partial charge in [-0.05, 0) is 36.1 Å². The second kappa shape index (κ2) is 5.03. The van der Waals surface area contributed by atoms with Gasteiger partial charge in [-0.15, -0.1) is 11.8 Å². The molecule has 0 aliphatic heterocycles. The van der Waals surface area contributed by atoms with Crippen molar-refractivity contribution >= 4 is 28.4 Å². The highest BCUT2D eigenvalue weighted by Crippen LogP contribution is 2.26. The summed E-state index contributed by atoms with van der Waals surface area (Å²) in [6.07, 6.45) is 6.03. The molecule has 3 heterocycles. The Morgan fingerprint density at radius 2 is 1.95 bits per heavy atom. The Kier molecular flexibility index (Phi) is 3.01. The smallest absolute Gasteiger partial charge is 0.336 e. The molecule has 0 N–H and O–H groups in total. The highest BCUT2D eigenvalue weighted by atomic mass is 32.2. The van der Waals surface area contributed by atoms with Crippen LogP contribution in [0.1, 0.15) is 0 Å². The van der Waals surface area contributed by atoms with Gasteiger partial charge in [-0.2, -0.15) is 0 Å². The normalized spacial score (nSPS) is 11.3. The molecular weight excluding hydrogens is 296 g/mol. The van der Waals surface area contributed by atoms with E-state index in [1.807, 2.05) is 53.4 Å². The molecule has 0 spiro atoms. The Hall–Kier alpha value is -2.53. The van der Waals surface area contributed by atoms with Gasteiger partial charge in [0.15, 0.2) is 0 Å². The van der Waals surface area contributed by atoms with Crippen molar-refractivity contribution in [2.75, 3.05) is 6.26 Å². The van der Waals surface area contributed by atoms with E-state index in [9.17, 15) is 4.79 Å². The first-order chi connectivity index (χ1) is 10.7. The van der Waals surface area contributed by atoms with Crippen LogP contribution >= 0.6 is 11.8 Å². The lowest BCUT2D eigenvalue weighted by Crippen LogP contribution is -1.94. The Labute approximate surface area is 130 Å². The first kappa shape index (κ1) is 13.2. The number of hydrogen-bond donors (Lipinski definition) is 0. The Morgan fingerprint density at radius 3 is 2.82 bits per heavy atom. The third kappa shape index (κ3) is 2.19. The van der Waals surface area contributed by atoms with Gasteiger partial charge in [0.2, 0.25) is 0 Å². The summed E-state index contributed by atoms with van der Waals surface area (Å²) >= 11 is 1.62. The van der Waals surface area contributed by atoms with Crippen molar-refractivity contribution in [2.45, 2.75) is 5.03 Å². The fraction of sp³-hybridized carbons (Fsp3) is 0.0588. The van der Waals surface area contributed by atoms with Crippen molar-refractivity contribution in [2.24, 2.45) is 0 Å². The van der Waals surface area contributed by atoms with Gasteiger partial charge in [0.25, 0.3) is 0 Å². The lowest BCUT2D eigenvalue weighted by molar-refractivity contribution is 0.561. The van der Waals surface area contributed by atoms with Crippen molar-refractivity contribution in [1.29, 1.82) is 0 Å². The van der Waals surface area contributed by atoms with Crippen LogP contribution in [0.5, 0.6) is 0 Å². The van der Waals surface area contributed by atoms with Crippen LogP contribution in [0.4, 0.5) is 0 Å². The van der Waals surface area contributed by atoms with E-state index in [-0.39, 0.29) is 5.63 Å². The molecule has 4 rings (SSSR count). The van der Waals surface area contributed by atoms with E-state index in [1.165, 1.54) is 6.07 Å². The Balaban J connectivity index is 1.88. The summed E-state index contributed by atoms with van der Waals surface area (Å²) in [6.45, 7) is 0. The summed E-state index contributed by atoms with van der Waals surface area (Å²) in [5.41, 5.74) is 3.20. The lowest BCUT2D eigenvalue weighted by atomic mass is 10.1. The van der Waals surface area contributed by atoms with E-state index in [2.05, 4.69) is 4.98 Å². The lowest BCUT2D eigenvalue weighted by Gasteiger charge is -2.00. The molecule has 0 saturated heterocycles. The predicted octanol–water partition coefficient (Wildman–Crippen LogP) is 3.83. The highest BCUT2D eigenvalue weighted by molar-refractivity contribution is 7.98. The number of benzene rings is 1. The van der Waals surface area contributed by atoms with E-state index >= 15 is 0 Å². The van der Waals surface area contributed by atoms with Gasteiger partial charge in [0.05, 0.1) is 5.03 Å². The molecule has 0 atom stereocenters. The average molecular weight is 308 g/mol. The zero-order valence-corrected chi connectivity index (χ0v) is 12.6. The van der Waals surface area contributed by atoms with Gasteiger partial charge < -0.3 is 8.82 Å². The van der Waals surface area contributed by atoms with E-state index in [1.54, 1.807) is 17.8 Å². The predicted molar refractivity (Wildman–Crippen MR) is 88.5 cm³/mol. The minimum atomic E-state index is -0.335. The third-order valence-electron chi connectivity index (χ3n) is 3.60. The van der Waals surface area contributed by atoms with E-state index in [0.717, 1.165) is 27.2 Å². The number of nitrogens with zero attached hydrogens (tertiary/aromatic N) is 2. The van der Waals surface area contributed by atoms with Gasteiger partial charge in [-0.25, -0.2) is 9.78 Å². The summed E-state index contributed by atoms with van der Waals surface area (Å²) in [7, 11) is 0. The fourth-order valence-electron chi connectivity index (χ4n) is 2.48. The van der Waals surface area contributed by atoms with Gasteiger partial charge in [0, 0.05) is 29.4 Å². The van der Waals surface area contributed by atoms with Crippen LogP contribution in [0.25, 0.3) is 27.7 Å². The van der Waals surface area contributed by atoms with Crippen LogP contribution in [0.15, 0.2) is 69.1 Å². The average Bonchev–Trinajstić information content (AvgIpc) is 2.97. The number of aromatic nitrogens is 2. The topological polar surface area (TPSA) is 47.5 Å². The SMILES string of the molecule is CSc1ccn2cc(-c3ccc4ccc(=O)oc4c3)cc2n1. The first-order valence-electron chi connectivity index (χ1n) is 6.80. The third-order valence-corrected chi connectivity index (χ3v) is 4.24. The number of hydrogen-bond acceptors (Lipinski definition) is 4. The largest absolute Gasteiger partial charge is 0.423 e. The molecule has 0 fully saturated rings. The first-order valence-corrected chi connectivity index (χ1v) is 8.02. The number of rotatable bonds is 2. The molecule has 108 valence electrons. The second-order valence-corrected chi connectivity index (χ2v) is 5.80. The molecule has 0 unspecified atom stereocenters. The van der Waals surface area contributed by atoms with Crippen molar-refractivity contribution < 1.29 is 4.42 Å². The molecule has 5 heteroatoms. The summed E-state index contributed by atoms with van der Waals surface area (Å²) in [5, 5.41) is 1.90. The highest BCUT2D eigenvalue weighted by Gasteiger charge is 2.06. The standard InChI is InChI=1S/C17H12N2O2S/c1-22-16-6-7-19-10-13(9-15(19)18-16)12-3-2-11-4-5-17(20)21-14(11)8-12/h2-10H,1H3. The van der Waals surface area contributed by atoms with Crippen LogP contribution < -0.4 is 5.63 Å². The maximum Gasteiger partial charge on any atom is 0.336 e. The summed E-state index contributed by atoms with van der Waals surface area (Å²) in [5.74, 6) is 0. The zero-order valence-electron chi connectivity index (χ0n) is 11.8. The van der Waals surface area contributed by atoms with Crippen LogP contribution in [-0.2, 0) is 0 Å². The van der Waals surface area contributed by atoms with Crippen molar-refractivity contribution in [1.82, 2.24) is 9.38 Å². The molecule has 0 radical (unpaired) electrons. The molecule has 0 aliphatic rings. The summed E-state index contributed by atoms with van der Waals surface area (Å²) in [6, 6.07) is 13.1. The molecule has 0 saturated carbocycles. The van der Waals surface area contributed by atoms with Crippen LogP contribution in [0, 0.1) is 0 Å². The Morgan fingerprint density at radius 1 is 1.09 bits per heavy atom. The molecule has 4 aromatic rings. The molecular formula is C17H12N2O2S. The number of fused-ring (bicyclic) bond motifs is 2. The molecule has 1 aromatic carbocycles. The molecule has 0 amide bonds. The van der Waals surface area contributed by atoms with Crippen molar-refractivity contribution in [3.63, 3.8) is 0 Å². The maximum atomic E-state index is 11.4. The monoisotopic (exact) mass is 308 g/mol. The van der Waals surface area contributed by atoms with E-state index in [4.69, 9.17) is 4.42 Å². The quantitative estimate of drug-likeness (QED) is 0.321. The van der Waals surface area contributed by atoms with Gasteiger partial charge in [-0.3, -0.25) is 0 Å².